The fourth-order valence-corrected chi connectivity index (χ4v) is 3.79. The van der Waals surface area contributed by atoms with Gasteiger partial charge in [0.25, 0.3) is 5.91 Å². The number of nitrogens with two attached hydrogens (primary N) is 1. The second-order valence-corrected chi connectivity index (χ2v) is 8.95. The Kier molecular flexibility index (Phi) is 8.45. The highest BCUT2D eigenvalue weighted by Gasteiger charge is 2.39. The molecular formula is C23H21ClF6N6O3. The van der Waals surface area contributed by atoms with Crippen LogP contribution in [0.1, 0.15) is 24.5 Å². The lowest BCUT2D eigenvalue weighted by Crippen LogP contribution is -2.56. The predicted octanol–water partition coefficient (Wildman–Crippen LogP) is 3.36. The zero-order valence-electron chi connectivity index (χ0n) is 20.0. The van der Waals surface area contributed by atoms with Crippen molar-refractivity contribution >= 4 is 23.4 Å². The molecule has 0 saturated heterocycles. The molecule has 0 spiro atoms. The minimum Gasteiger partial charge on any atom is -0.337 e. The predicted molar refractivity (Wildman–Crippen MR) is 127 cm³/mol. The molecule has 16 heteroatoms. The Labute approximate surface area is 221 Å². The van der Waals surface area contributed by atoms with E-state index >= 15 is 0 Å². The summed E-state index contributed by atoms with van der Waals surface area (Å²) in [5.74, 6) is 2.86. The van der Waals surface area contributed by atoms with Crippen LogP contribution in [0.3, 0.4) is 0 Å². The minimum absolute atomic E-state index is 0.186. The summed E-state index contributed by atoms with van der Waals surface area (Å²) in [7, 11) is 0. The van der Waals surface area contributed by atoms with E-state index in [2.05, 4.69) is 10.4 Å². The highest BCUT2D eigenvalue weighted by atomic mass is 35.5. The summed E-state index contributed by atoms with van der Waals surface area (Å²) in [5, 5.41) is 6.54. The van der Waals surface area contributed by atoms with Gasteiger partial charge in [-0.25, -0.2) is 15.3 Å². The molecule has 9 nitrogen and oxygen atoms in total. The monoisotopic (exact) mass is 578 g/mol. The first-order valence-corrected chi connectivity index (χ1v) is 11.4. The third-order valence-electron chi connectivity index (χ3n) is 5.68. The van der Waals surface area contributed by atoms with E-state index in [9.17, 15) is 40.7 Å². The molecule has 0 saturated carbocycles. The van der Waals surface area contributed by atoms with Crippen molar-refractivity contribution in [3.8, 4) is 11.4 Å². The Bertz CT molecular complexity index is 1420. The number of nitrogens with one attached hydrogen (secondary N) is 2. The lowest BCUT2D eigenvalue weighted by Gasteiger charge is -2.29. The Balaban J connectivity index is 1.97. The highest BCUT2D eigenvalue weighted by Crippen LogP contribution is 2.32. The van der Waals surface area contributed by atoms with Gasteiger partial charge in [0.1, 0.15) is 12.1 Å². The van der Waals surface area contributed by atoms with Crippen LogP contribution in [0, 0.1) is 0 Å². The molecule has 210 valence electrons. The van der Waals surface area contributed by atoms with Crippen LogP contribution in [-0.4, -0.2) is 32.3 Å². The van der Waals surface area contributed by atoms with Crippen molar-refractivity contribution in [3.63, 3.8) is 0 Å². The summed E-state index contributed by atoms with van der Waals surface area (Å²) in [4.78, 5) is 38.4. The molecule has 0 aliphatic carbocycles. The van der Waals surface area contributed by atoms with Crippen molar-refractivity contribution in [2.75, 3.05) is 0 Å². The average Bonchev–Trinajstić information content (AvgIpc) is 3.16. The molecule has 0 unspecified atom stereocenters. The SMILES string of the molecule is C[C@](NC(=O)Cn1nc(-c2ccc(Cl)cc2)n(CCC(F)(F)F)c1=O)(C(=O)NN)c1cccc(C(F)(F)F)c1. The fraction of sp³-hybridized carbons (Fsp3) is 0.304. The van der Waals surface area contributed by atoms with Crippen LogP contribution in [-0.2, 0) is 34.4 Å². The van der Waals surface area contributed by atoms with E-state index < -0.39 is 60.5 Å². The van der Waals surface area contributed by atoms with Gasteiger partial charge in [-0.05, 0) is 48.9 Å². The van der Waals surface area contributed by atoms with E-state index in [0.29, 0.717) is 15.8 Å². The third-order valence-corrected chi connectivity index (χ3v) is 5.93. The standard InChI is InChI=1S/C23H21ClF6N6O3/c1-21(19(38)33-31,14-3-2-4-15(11-14)23(28,29)30)32-17(37)12-36-20(39)35(10-9-22(25,26)27)18(34-36)13-5-7-16(24)8-6-13/h2-8,11H,9-10,12,31H2,1H3,(H,32,37)(H,33,38)/t21-/m1/s1. The molecule has 3 aromatic rings. The van der Waals surface area contributed by atoms with Crippen LogP contribution in [0.5, 0.6) is 0 Å². The number of carbonyl (C=O) groups excluding carboxylic acids is 2. The van der Waals surface area contributed by atoms with E-state index in [1.165, 1.54) is 24.3 Å². The molecule has 2 aromatic carbocycles. The zero-order valence-corrected chi connectivity index (χ0v) is 20.8. The molecule has 1 aromatic heterocycles. The molecular weight excluding hydrogens is 558 g/mol. The number of halogens is 7. The fourth-order valence-electron chi connectivity index (χ4n) is 3.66. The van der Waals surface area contributed by atoms with Crippen molar-refractivity contribution < 1.29 is 35.9 Å². The number of hydrogen-bond acceptors (Lipinski definition) is 5. The quantitative estimate of drug-likeness (QED) is 0.164. The van der Waals surface area contributed by atoms with E-state index in [1.54, 1.807) is 5.43 Å². The first-order chi connectivity index (χ1) is 18.0. The van der Waals surface area contributed by atoms with Crippen molar-refractivity contribution in [2.45, 2.75) is 44.3 Å². The van der Waals surface area contributed by atoms with Gasteiger partial charge in [-0.2, -0.15) is 26.3 Å². The van der Waals surface area contributed by atoms with Crippen molar-refractivity contribution in [2.24, 2.45) is 5.84 Å². The van der Waals surface area contributed by atoms with E-state index in [0.717, 1.165) is 29.7 Å². The molecule has 0 radical (unpaired) electrons. The average molecular weight is 579 g/mol. The van der Waals surface area contributed by atoms with E-state index in [4.69, 9.17) is 17.4 Å². The second kappa shape index (κ2) is 11.1. The number of benzene rings is 2. The van der Waals surface area contributed by atoms with Gasteiger partial charge in [0.15, 0.2) is 5.82 Å². The van der Waals surface area contributed by atoms with Crippen molar-refractivity contribution in [1.29, 1.82) is 0 Å². The number of aromatic nitrogens is 3. The second-order valence-electron chi connectivity index (χ2n) is 8.51. The minimum atomic E-state index is -4.76. The number of amides is 2. The van der Waals surface area contributed by atoms with Crippen LogP contribution in [0.2, 0.25) is 5.02 Å². The van der Waals surface area contributed by atoms with Gasteiger partial charge in [-0.1, -0.05) is 23.7 Å². The molecule has 0 bridgehead atoms. The van der Waals surface area contributed by atoms with Crippen LogP contribution < -0.4 is 22.3 Å². The molecule has 1 heterocycles. The summed E-state index contributed by atoms with van der Waals surface area (Å²) in [5.41, 5.74) is -2.57. The third kappa shape index (κ3) is 6.97. The number of carbonyl (C=O) groups is 2. The lowest BCUT2D eigenvalue weighted by atomic mass is 9.89. The van der Waals surface area contributed by atoms with Gasteiger partial charge in [0, 0.05) is 17.1 Å². The maximum atomic E-state index is 13.2. The van der Waals surface area contributed by atoms with Gasteiger partial charge in [0.05, 0.1) is 12.0 Å². The number of nitrogens with zero attached hydrogens (tertiary/aromatic N) is 3. The van der Waals surface area contributed by atoms with Crippen LogP contribution >= 0.6 is 11.6 Å². The topological polar surface area (TPSA) is 124 Å². The molecule has 2 amide bonds. The van der Waals surface area contributed by atoms with Gasteiger partial charge >= 0.3 is 18.0 Å². The van der Waals surface area contributed by atoms with Crippen molar-refractivity contribution in [1.82, 2.24) is 25.1 Å². The van der Waals surface area contributed by atoms with Crippen LogP contribution in [0.25, 0.3) is 11.4 Å². The van der Waals surface area contributed by atoms with Gasteiger partial charge < -0.3 is 5.32 Å². The number of hydrazine groups is 1. The first kappa shape index (κ1) is 29.7. The molecule has 0 aliphatic rings. The molecule has 3 rings (SSSR count). The maximum absolute atomic E-state index is 13.2. The summed E-state index contributed by atoms with van der Waals surface area (Å²) in [6, 6.07) is 9.26. The van der Waals surface area contributed by atoms with Gasteiger partial charge in [-0.15, -0.1) is 5.10 Å². The van der Waals surface area contributed by atoms with E-state index in [1.807, 2.05) is 0 Å². The molecule has 0 aliphatic heterocycles. The van der Waals surface area contributed by atoms with Crippen LogP contribution in [0.15, 0.2) is 53.3 Å². The van der Waals surface area contributed by atoms with Gasteiger partial charge in [-0.3, -0.25) is 19.6 Å². The largest absolute Gasteiger partial charge is 0.416 e. The Morgan fingerprint density at radius 1 is 1.03 bits per heavy atom. The molecule has 4 N–H and O–H groups in total. The lowest BCUT2D eigenvalue weighted by molar-refractivity contribution is -0.138. The highest BCUT2D eigenvalue weighted by molar-refractivity contribution is 6.30. The number of hydrogen-bond donors (Lipinski definition) is 3. The summed E-state index contributed by atoms with van der Waals surface area (Å²) < 4.78 is 79.7. The number of rotatable bonds is 8. The summed E-state index contributed by atoms with van der Waals surface area (Å²) in [6.07, 6.45) is -10.7. The Morgan fingerprint density at radius 3 is 2.21 bits per heavy atom. The van der Waals surface area contributed by atoms with Crippen LogP contribution in [0.4, 0.5) is 26.3 Å². The Hall–Kier alpha value is -3.85. The molecule has 39 heavy (non-hydrogen) atoms. The van der Waals surface area contributed by atoms with Crippen molar-refractivity contribution in [3.05, 3.63) is 75.2 Å². The maximum Gasteiger partial charge on any atom is 0.416 e. The normalized spacial score (nSPS) is 13.6. The summed E-state index contributed by atoms with van der Waals surface area (Å²) >= 11 is 5.85. The molecule has 0 fully saturated rings. The number of alkyl halides is 6. The smallest absolute Gasteiger partial charge is 0.337 e. The van der Waals surface area contributed by atoms with Gasteiger partial charge in [0.2, 0.25) is 5.91 Å². The van der Waals surface area contributed by atoms with E-state index in [-0.39, 0.29) is 17.0 Å². The first-order valence-electron chi connectivity index (χ1n) is 11.1. The summed E-state index contributed by atoms with van der Waals surface area (Å²) in [6.45, 7) is -0.600. The zero-order chi connectivity index (χ0) is 29.2. The Morgan fingerprint density at radius 2 is 1.64 bits per heavy atom. The molecule has 1 atom stereocenters.